The first-order valence-corrected chi connectivity index (χ1v) is 5.20. The van der Waals surface area contributed by atoms with Crippen molar-refractivity contribution >= 4 is 17.3 Å². The molecule has 1 aromatic heterocycles. The number of nitrogens with zero attached hydrogens (tertiary/aromatic N) is 1. The van der Waals surface area contributed by atoms with Gasteiger partial charge in [0.2, 0.25) is 0 Å². The number of nitrogens with one attached hydrogen (secondary N) is 1. The third kappa shape index (κ3) is 1.95. The summed E-state index contributed by atoms with van der Waals surface area (Å²) in [7, 11) is 0. The van der Waals surface area contributed by atoms with Crippen molar-refractivity contribution in [3.63, 3.8) is 0 Å². The molecule has 3 nitrogen and oxygen atoms in total. The Morgan fingerprint density at radius 1 is 1.77 bits per heavy atom. The number of ketones is 1. The Morgan fingerprint density at radius 3 is 3.00 bits per heavy atom. The molecule has 1 saturated heterocycles. The Balaban J connectivity index is 1.96. The van der Waals surface area contributed by atoms with Crippen LogP contribution in [0, 0.1) is 12.8 Å². The lowest BCUT2D eigenvalue weighted by Crippen LogP contribution is -2.42. The molecule has 1 aromatic rings. The van der Waals surface area contributed by atoms with Crippen molar-refractivity contribution < 1.29 is 4.79 Å². The third-order valence-corrected chi connectivity index (χ3v) is 3.16. The van der Waals surface area contributed by atoms with Gasteiger partial charge in [-0.1, -0.05) is 0 Å². The minimum atomic E-state index is 0.247. The zero-order valence-electron chi connectivity index (χ0n) is 7.54. The van der Waals surface area contributed by atoms with Gasteiger partial charge in [-0.2, -0.15) is 4.37 Å². The van der Waals surface area contributed by atoms with E-state index in [1.54, 1.807) is 0 Å². The van der Waals surface area contributed by atoms with Gasteiger partial charge in [0.15, 0.2) is 5.78 Å². The molecule has 1 aliphatic heterocycles. The minimum Gasteiger partial charge on any atom is -0.316 e. The SMILES string of the molecule is Cc1cc(C(=O)CC2CNC2)sn1. The van der Waals surface area contributed by atoms with Gasteiger partial charge in [0.25, 0.3) is 0 Å². The van der Waals surface area contributed by atoms with Crippen molar-refractivity contribution in [1.29, 1.82) is 0 Å². The molecule has 0 atom stereocenters. The number of rotatable bonds is 3. The summed E-state index contributed by atoms with van der Waals surface area (Å²) in [5.41, 5.74) is 0.945. The molecule has 0 saturated carbocycles. The number of aryl methyl sites for hydroxylation is 1. The number of aromatic nitrogens is 1. The van der Waals surface area contributed by atoms with Gasteiger partial charge in [-0.3, -0.25) is 4.79 Å². The topological polar surface area (TPSA) is 42.0 Å². The van der Waals surface area contributed by atoms with E-state index in [1.165, 1.54) is 11.5 Å². The van der Waals surface area contributed by atoms with Crippen molar-refractivity contribution in [2.45, 2.75) is 13.3 Å². The molecule has 0 aliphatic carbocycles. The van der Waals surface area contributed by atoms with E-state index < -0.39 is 0 Å². The maximum Gasteiger partial charge on any atom is 0.174 e. The lowest BCUT2D eigenvalue weighted by molar-refractivity contribution is 0.0949. The van der Waals surface area contributed by atoms with Crippen LogP contribution in [-0.2, 0) is 0 Å². The number of Topliss-reactive ketones (excluding diaryl/α,β-unsaturated/α-hetero) is 1. The van der Waals surface area contributed by atoms with Gasteiger partial charge in [-0.25, -0.2) is 0 Å². The maximum atomic E-state index is 11.6. The molecule has 0 aromatic carbocycles. The quantitative estimate of drug-likeness (QED) is 0.740. The van der Waals surface area contributed by atoms with Crippen molar-refractivity contribution in [3.05, 3.63) is 16.6 Å². The summed E-state index contributed by atoms with van der Waals surface area (Å²) in [6, 6.07) is 1.87. The molecule has 1 aliphatic rings. The fraction of sp³-hybridized carbons (Fsp3) is 0.556. The van der Waals surface area contributed by atoms with Crippen molar-refractivity contribution in [2.75, 3.05) is 13.1 Å². The second-order valence-corrected chi connectivity index (χ2v) is 4.29. The lowest BCUT2D eigenvalue weighted by atomic mass is 9.96. The Morgan fingerprint density at radius 2 is 2.54 bits per heavy atom. The molecule has 13 heavy (non-hydrogen) atoms. The van der Waals surface area contributed by atoms with Crippen LogP contribution in [0.4, 0.5) is 0 Å². The summed E-state index contributed by atoms with van der Waals surface area (Å²) >= 11 is 1.31. The number of carbonyl (C=O) groups is 1. The highest BCUT2D eigenvalue weighted by Gasteiger charge is 2.21. The summed E-state index contributed by atoms with van der Waals surface area (Å²) in [4.78, 5) is 12.4. The third-order valence-electron chi connectivity index (χ3n) is 2.24. The van der Waals surface area contributed by atoms with Gasteiger partial charge in [0.1, 0.15) is 0 Å². The zero-order chi connectivity index (χ0) is 9.26. The minimum absolute atomic E-state index is 0.247. The summed E-state index contributed by atoms with van der Waals surface area (Å²) < 4.78 is 4.09. The molecule has 0 spiro atoms. The van der Waals surface area contributed by atoms with Gasteiger partial charge in [-0.15, -0.1) is 0 Å². The highest BCUT2D eigenvalue weighted by molar-refractivity contribution is 7.08. The molecule has 70 valence electrons. The first-order chi connectivity index (χ1) is 6.25. The number of hydrogen-bond donors (Lipinski definition) is 1. The second kappa shape index (κ2) is 3.55. The molecular weight excluding hydrogens is 184 g/mol. The summed E-state index contributed by atoms with van der Waals surface area (Å²) in [5.74, 6) is 0.798. The van der Waals surface area contributed by atoms with E-state index in [2.05, 4.69) is 9.69 Å². The van der Waals surface area contributed by atoms with E-state index in [1.807, 2.05) is 13.0 Å². The molecule has 0 radical (unpaired) electrons. The molecular formula is C9H12N2OS. The van der Waals surface area contributed by atoms with Crippen LogP contribution in [0.2, 0.25) is 0 Å². The fourth-order valence-corrected chi connectivity index (χ4v) is 2.05. The van der Waals surface area contributed by atoms with Crippen LogP contribution in [0.25, 0.3) is 0 Å². The van der Waals surface area contributed by atoms with Gasteiger partial charge >= 0.3 is 0 Å². The van der Waals surface area contributed by atoms with E-state index in [0.717, 1.165) is 23.7 Å². The molecule has 1 N–H and O–H groups in total. The van der Waals surface area contributed by atoms with E-state index in [4.69, 9.17) is 0 Å². The zero-order valence-corrected chi connectivity index (χ0v) is 8.36. The van der Waals surface area contributed by atoms with E-state index in [0.29, 0.717) is 12.3 Å². The first kappa shape index (κ1) is 8.84. The Hall–Kier alpha value is -0.740. The Bertz CT molecular complexity index is 317. The standard InChI is InChI=1S/C9H12N2OS/c1-6-2-9(13-11-6)8(12)3-7-4-10-5-7/h2,7,10H,3-5H2,1H3. The van der Waals surface area contributed by atoms with E-state index in [-0.39, 0.29) is 5.78 Å². The van der Waals surface area contributed by atoms with Crippen LogP contribution in [0.15, 0.2) is 6.07 Å². The summed E-state index contributed by atoms with van der Waals surface area (Å²) in [5, 5.41) is 3.16. The predicted octanol–water partition coefficient (Wildman–Crippen LogP) is 1.24. The fourth-order valence-electron chi connectivity index (χ4n) is 1.35. The van der Waals surface area contributed by atoms with Gasteiger partial charge in [0.05, 0.1) is 10.6 Å². The highest BCUT2D eigenvalue weighted by atomic mass is 32.1. The average molecular weight is 196 g/mol. The van der Waals surface area contributed by atoms with Crippen LogP contribution in [0.3, 0.4) is 0 Å². The van der Waals surface area contributed by atoms with Crippen LogP contribution >= 0.6 is 11.5 Å². The molecule has 0 amide bonds. The largest absolute Gasteiger partial charge is 0.316 e. The number of hydrogen-bond acceptors (Lipinski definition) is 4. The normalized spacial score (nSPS) is 17.0. The van der Waals surface area contributed by atoms with Crippen molar-refractivity contribution in [3.8, 4) is 0 Å². The van der Waals surface area contributed by atoms with Gasteiger partial charge in [0, 0.05) is 6.42 Å². The van der Waals surface area contributed by atoms with Crippen LogP contribution < -0.4 is 5.32 Å². The molecule has 1 fully saturated rings. The van der Waals surface area contributed by atoms with Gasteiger partial charge in [-0.05, 0) is 43.5 Å². The first-order valence-electron chi connectivity index (χ1n) is 4.43. The molecule has 0 unspecified atom stereocenters. The second-order valence-electron chi connectivity index (χ2n) is 3.48. The lowest BCUT2D eigenvalue weighted by Gasteiger charge is -2.25. The van der Waals surface area contributed by atoms with Crippen LogP contribution in [0.1, 0.15) is 21.8 Å². The smallest absolute Gasteiger partial charge is 0.174 e. The molecule has 2 heterocycles. The van der Waals surface area contributed by atoms with Crippen LogP contribution in [-0.4, -0.2) is 23.2 Å². The van der Waals surface area contributed by atoms with E-state index in [9.17, 15) is 4.79 Å². The highest BCUT2D eigenvalue weighted by Crippen LogP contribution is 2.16. The Kier molecular flexibility index (Phi) is 2.42. The average Bonchev–Trinajstić information content (AvgIpc) is 2.44. The molecule has 0 bridgehead atoms. The monoisotopic (exact) mass is 196 g/mol. The van der Waals surface area contributed by atoms with Crippen molar-refractivity contribution in [2.24, 2.45) is 5.92 Å². The van der Waals surface area contributed by atoms with Gasteiger partial charge < -0.3 is 5.32 Å². The molecule has 4 heteroatoms. The summed E-state index contributed by atoms with van der Waals surface area (Å²) in [6.07, 6.45) is 0.675. The van der Waals surface area contributed by atoms with Crippen LogP contribution in [0.5, 0.6) is 0 Å². The number of carbonyl (C=O) groups excluding carboxylic acids is 1. The maximum absolute atomic E-state index is 11.6. The predicted molar refractivity (Wildman–Crippen MR) is 52.2 cm³/mol. The Labute approximate surface area is 81.3 Å². The summed E-state index contributed by atoms with van der Waals surface area (Å²) in [6.45, 7) is 3.89. The molecule has 2 rings (SSSR count). The van der Waals surface area contributed by atoms with Crippen molar-refractivity contribution in [1.82, 2.24) is 9.69 Å². The van der Waals surface area contributed by atoms with E-state index >= 15 is 0 Å².